The van der Waals surface area contributed by atoms with Gasteiger partial charge in [0.15, 0.2) is 0 Å². The van der Waals surface area contributed by atoms with Crippen molar-refractivity contribution >= 4 is 0 Å². The minimum atomic E-state index is 0.346. The maximum absolute atomic E-state index is 5.81. The van der Waals surface area contributed by atoms with E-state index in [-0.39, 0.29) is 0 Å². The quantitative estimate of drug-likeness (QED) is 0.829. The minimum Gasteiger partial charge on any atom is -0.381 e. The van der Waals surface area contributed by atoms with Crippen molar-refractivity contribution in [2.75, 3.05) is 26.7 Å². The Morgan fingerprint density at radius 3 is 2.96 bits per heavy atom. The van der Waals surface area contributed by atoms with Gasteiger partial charge < -0.3 is 9.26 Å². The predicted octanol–water partition coefficient (Wildman–Crippen LogP) is 2.10. The summed E-state index contributed by atoms with van der Waals surface area (Å²) < 4.78 is 11.0. The van der Waals surface area contributed by atoms with Crippen LogP contribution >= 0.6 is 0 Å². The van der Waals surface area contributed by atoms with Crippen LogP contribution in [0.1, 0.15) is 23.4 Å². The summed E-state index contributed by atoms with van der Waals surface area (Å²) in [6.07, 6.45) is 5.22. The predicted molar refractivity (Wildman–Crippen MR) is 93.9 cm³/mol. The van der Waals surface area contributed by atoms with Crippen LogP contribution in [-0.4, -0.2) is 58.8 Å². The van der Waals surface area contributed by atoms with Gasteiger partial charge in [0, 0.05) is 70.3 Å². The summed E-state index contributed by atoms with van der Waals surface area (Å²) in [5, 5.41) is 4.18. The van der Waals surface area contributed by atoms with Crippen LogP contribution in [0, 0.1) is 12.8 Å². The molecule has 2 aromatic rings. The highest BCUT2D eigenvalue weighted by molar-refractivity contribution is 5.10. The topological polar surface area (TPSA) is 54.6 Å². The molecule has 2 fully saturated rings. The van der Waals surface area contributed by atoms with Gasteiger partial charge in [0.2, 0.25) is 0 Å². The Morgan fingerprint density at radius 1 is 1.32 bits per heavy atom. The zero-order chi connectivity index (χ0) is 17.2. The first-order valence-corrected chi connectivity index (χ1v) is 9.03. The van der Waals surface area contributed by atoms with Crippen LogP contribution in [0.2, 0.25) is 0 Å². The number of fused-ring (bicyclic) bond motifs is 1. The lowest BCUT2D eigenvalue weighted by Crippen LogP contribution is -2.50. The third-order valence-corrected chi connectivity index (χ3v) is 5.53. The lowest BCUT2D eigenvalue weighted by atomic mass is 9.89. The van der Waals surface area contributed by atoms with Gasteiger partial charge in [0.05, 0.1) is 11.8 Å². The molecule has 6 heteroatoms. The summed E-state index contributed by atoms with van der Waals surface area (Å²) >= 11 is 0. The number of likely N-dealkylation sites (tertiary alicyclic amines) is 2. The van der Waals surface area contributed by atoms with Gasteiger partial charge in [-0.15, -0.1) is 0 Å². The van der Waals surface area contributed by atoms with E-state index in [4.69, 9.17) is 9.26 Å². The smallest absolute Gasteiger partial charge is 0.133 e. The first kappa shape index (κ1) is 16.7. The number of methoxy groups -OCH3 is 1. The molecule has 0 amide bonds. The molecule has 2 aliphatic heterocycles. The summed E-state index contributed by atoms with van der Waals surface area (Å²) in [7, 11) is 1.85. The molecule has 0 bridgehead atoms. The summed E-state index contributed by atoms with van der Waals surface area (Å²) in [5.74, 6) is 1.42. The van der Waals surface area contributed by atoms with E-state index in [0.717, 1.165) is 50.6 Å². The summed E-state index contributed by atoms with van der Waals surface area (Å²) in [5.41, 5.74) is 2.30. The van der Waals surface area contributed by atoms with Gasteiger partial charge in [0.25, 0.3) is 0 Å². The van der Waals surface area contributed by atoms with Crippen LogP contribution in [0.3, 0.4) is 0 Å². The minimum absolute atomic E-state index is 0.346. The van der Waals surface area contributed by atoms with Gasteiger partial charge in [-0.05, 0) is 25.0 Å². The highest BCUT2D eigenvalue weighted by atomic mass is 16.5. The van der Waals surface area contributed by atoms with Crippen LogP contribution in [0.5, 0.6) is 0 Å². The van der Waals surface area contributed by atoms with Gasteiger partial charge >= 0.3 is 0 Å². The molecule has 4 heterocycles. The molecule has 0 N–H and O–H groups in total. The molecule has 0 spiro atoms. The second-order valence-corrected chi connectivity index (χ2v) is 7.25. The molecule has 2 aliphatic rings. The van der Waals surface area contributed by atoms with E-state index < -0.39 is 0 Å². The van der Waals surface area contributed by atoms with Crippen molar-refractivity contribution in [2.24, 2.45) is 5.92 Å². The van der Waals surface area contributed by atoms with Crippen LogP contribution in [0.25, 0.3) is 0 Å². The number of hydrogen-bond acceptors (Lipinski definition) is 6. The Labute approximate surface area is 148 Å². The normalized spacial score (nSPS) is 27.5. The fourth-order valence-electron chi connectivity index (χ4n) is 4.39. The molecule has 0 unspecified atom stereocenters. The average molecular weight is 342 g/mol. The molecule has 0 saturated carbocycles. The zero-order valence-electron chi connectivity index (χ0n) is 15.0. The van der Waals surface area contributed by atoms with Crippen molar-refractivity contribution in [1.82, 2.24) is 19.9 Å². The maximum Gasteiger partial charge on any atom is 0.133 e. The first-order chi connectivity index (χ1) is 12.2. The molecule has 6 nitrogen and oxygen atoms in total. The third kappa shape index (κ3) is 3.61. The van der Waals surface area contributed by atoms with E-state index in [9.17, 15) is 0 Å². The van der Waals surface area contributed by atoms with E-state index in [1.54, 1.807) is 0 Å². The molecule has 0 radical (unpaired) electrons. The number of aryl methyl sites for hydroxylation is 1. The summed E-state index contributed by atoms with van der Waals surface area (Å²) in [4.78, 5) is 9.33. The van der Waals surface area contributed by atoms with Gasteiger partial charge in [-0.2, -0.15) is 0 Å². The number of pyridine rings is 1. The zero-order valence-corrected chi connectivity index (χ0v) is 15.0. The Morgan fingerprint density at radius 2 is 2.24 bits per heavy atom. The average Bonchev–Trinajstić information content (AvgIpc) is 3.22. The molecule has 0 aromatic carbocycles. The molecule has 2 aromatic heterocycles. The molecule has 25 heavy (non-hydrogen) atoms. The standard InChI is InChI=1S/C19H26N4O2/c1-14-8-16(21-25-14)11-23-7-5-19(24-2)17-12-22(13-18(17)23)10-15-4-3-6-20-9-15/h3-4,6,8-9,17-19H,5,7,10-13H2,1-2H3/t17-,18+,19-/m0/s1. The van der Waals surface area contributed by atoms with Crippen molar-refractivity contribution in [3.8, 4) is 0 Å². The van der Waals surface area contributed by atoms with Crippen molar-refractivity contribution < 1.29 is 9.26 Å². The Bertz CT molecular complexity index is 690. The maximum atomic E-state index is 5.81. The van der Waals surface area contributed by atoms with Crippen LogP contribution in [0.15, 0.2) is 35.1 Å². The number of piperidine rings is 1. The van der Waals surface area contributed by atoms with Crippen molar-refractivity contribution in [3.05, 3.63) is 47.6 Å². The summed E-state index contributed by atoms with van der Waals surface area (Å²) in [6, 6.07) is 6.71. The van der Waals surface area contributed by atoms with E-state index in [1.165, 1.54) is 5.56 Å². The van der Waals surface area contributed by atoms with Crippen LogP contribution < -0.4 is 0 Å². The highest BCUT2D eigenvalue weighted by Crippen LogP contribution is 2.34. The van der Waals surface area contributed by atoms with Crippen molar-refractivity contribution in [3.63, 3.8) is 0 Å². The van der Waals surface area contributed by atoms with E-state index >= 15 is 0 Å². The largest absolute Gasteiger partial charge is 0.381 e. The molecule has 134 valence electrons. The van der Waals surface area contributed by atoms with Gasteiger partial charge in [-0.3, -0.25) is 14.8 Å². The number of ether oxygens (including phenoxy) is 1. The molecular weight excluding hydrogens is 316 g/mol. The van der Waals surface area contributed by atoms with Crippen LogP contribution in [-0.2, 0) is 17.8 Å². The third-order valence-electron chi connectivity index (χ3n) is 5.53. The fourth-order valence-corrected chi connectivity index (χ4v) is 4.39. The number of rotatable bonds is 5. The second-order valence-electron chi connectivity index (χ2n) is 7.25. The lowest BCUT2D eigenvalue weighted by molar-refractivity contribution is -0.0250. The lowest BCUT2D eigenvalue weighted by Gasteiger charge is -2.40. The van der Waals surface area contributed by atoms with Gasteiger partial charge in [-0.25, -0.2) is 0 Å². The number of hydrogen-bond donors (Lipinski definition) is 0. The molecular formula is C19H26N4O2. The number of aromatic nitrogens is 2. The molecule has 3 atom stereocenters. The highest BCUT2D eigenvalue weighted by Gasteiger charge is 2.44. The Balaban J connectivity index is 1.47. The van der Waals surface area contributed by atoms with E-state index in [0.29, 0.717) is 18.1 Å². The van der Waals surface area contributed by atoms with Gasteiger partial charge in [0.1, 0.15) is 5.76 Å². The van der Waals surface area contributed by atoms with Crippen molar-refractivity contribution in [2.45, 2.75) is 38.6 Å². The van der Waals surface area contributed by atoms with Crippen molar-refractivity contribution in [1.29, 1.82) is 0 Å². The molecule has 2 saturated heterocycles. The Kier molecular flexibility index (Phi) is 4.83. The van der Waals surface area contributed by atoms with Gasteiger partial charge in [-0.1, -0.05) is 11.2 Å². The molecule has 4 rings (SSSR count). The van der Waals surface area contributed by atoms with E-state index in [2.05, 4.69) is 26.0 Å². The Hall–Kier alpha value is -1.76. The molecule has 0 aliphatic carbocycles. The monoisotopic (exact) mass is 342 g/mol. The van der Waals surface area contributed by atoms with Crippen LogP contribution in [0.4, 0.5) is 0 Å². The van der Waals surface area contributed by atoms with E-state index in [1.807, 2.05) is 38.6 Å². The SMILES string of the molecule is CO[C@H]1CCN(Cc2cc(C)on2)[C@@H]2CN(Cc3cccnc3)C[C@H]12. The summed E-state index contributed by atoms with van der Waals surface area (Å²) in [6.45, 7) is 6.94. The fraction of sp³-hybridized carbons (Fsp3) is 0.579. The first-order valence-electron chi connectivity index (χ1n) is 9.03. The number of nitrogens with zero attached hydrogens (tertiary/aromatic N) is 4. The second kappa shape index (κ2) is 7.23.